The molecule has 0 saturated carbocycles. The number of benzene rings is 2. The van der Waals surface area contributed by atoms with E-state index in [9.17, 15) is 34.7 Å². The second-order valence-electron chi connectivity index (χ2n) is 7.15. The molecule has 10 heteroatoms. The summed E-state index contributed by atoms with van der Waals surface area (Å²) in [4.78, 5) is 49.0. The molecule has 2 amide bonds. The van der Waals surface area contributed by atoms with Gasteiger partial charge in [-0.05, 0) is 53.7 Å². The van der Waals surface area contributed by atoms with Crippen molar-refractivity contribution in [1.82, 2.24) is 4.90 Å². The lowest BCUT2D eigenvalue weighted by Crippen LogP contribution is -2.27. The zero-order chi connectivity index (χ0) is 24.4. The number of nitrogens with zero attached hydrogens (tertiary/aromatic N) is 2. The Morgan fingerprint density at radius 1 is 1.03 bits per heavy atom. The summed E-state index contributed by atoms with van der Waals surface area (Å²) in [5.41, 5.74) is 0.711. The summed E-state index contributed by atoms with van der Waals surface area (Å²) in [5, 5.41) is 27.2. The first-order valence-electron chi connectivity index (χ1n) is 9.72. The number of rotatable bonds is 6. The lowest BCUT2D eigenvalue weighted by molar-refractivity contribution is -0.123. The van der Waals surface area contributed by atoms with Gasteiger partial charge in [0.1, 0.15) is 11.5 Å². The van der Waals surface area contributed by atoms with Crippen molar-refractivity contribution in [3.63, 3.8) is 0 Å². The van der Waals surface area contributed by atoms with E-state index in [-0.39, 0.29) is 39.7 Å². The van der Waals surface area contributed by atoms with Crippen molar-refractivity contribution >= 4 is 40.9 Å². The van der Waals surface area contributed by atoms with E-state index >= 15 is 0 Å². The van der Waals surface area contributed by atoms with Crippen molar-refractivity contribution in [2.24, 2.45) is 0 Å². The highest BCUT2D eigenvalue weighted by Gasteiger charge is 2.35. The van der Waals surface area contributed by atoms with E-state index in [4.69, 9.17) is 4.42 Å². The Kier molecular flexibility index (Phi) is 6.03. The van der Waals surface area contributed by atoms with Crippen LogP contribution in [0.3, 0.4) is 0 Å². The molecule has 0 radical (unpaired) electrons. The summed E-state index contributed by atoms with van der Waals surface area (Å²) >= 11 is 0.727. The van der Waals surface area contributed by atoms with E-state index in [1.807, 2.05) is 6.07 Å². The minimum atomic E-state index is -1.29. The van der Waals surface area contributed by atoms with Crippen molar-refractivity contribution in [2.75, 3.05) is 0 Å². The highest BCUT2D eigenvalue weighted by molar-refractivity contribution is 8.18. The van der Waals surface area contributed by atoms with Crippen LogP contribution in [0, 0.1) is 11.3 Å². The molecule has 0 atom stereocenters. The van der Waals surface area contributed by atoms with Crippen LogP contribution in [0.5, 0.6) is 0 Å². The standard InChI is InChI=1S/C24H14N2O7S/c25-11-13-3-1-2-4-14(13)12-26-21(27)20(34-24(26)32)10-18-5-6-19(33-18)15-7-16(22(28)29)9-17(8-15)23(30)31/h1-10H,12H2,(H,28,29)(H,30,31)/b20-10+. The van der Waals surface area contributed by atoms with Crippen molar-refractivity contribution < 1.29 is 33.8 Å². The molecule has 0 unspecified atom stereocenters. The van der Waals surface area contributed by atoms with Crippen molar-refractivity contribution in [2.45, 2.75) is 6.54 Å². The summed E-state index contributed by atoms with van der Waals surface area (Å²) in [6.07, 6.45) is 1.38. The topological polar surface area (TPSA) is 149 Å². The molecule has 4 rings (SSSR count). The lowest BCUT2D eigenvalue weighted by atomic mass is 10.0. The first kappa shape index (κ1) is 22.6. The van der Waals surface area contributed by atoms with E-state index < -0.39 is 23.1 Å². The molecule has 2 N–H and O–H groups in total. The molecule has 1 aliphatic heterocycles. The molecule has 2 aromatic carbocycles. The van der Waals surface area contributed by atoms with Crippen LogP contribution < -0.4 is 0 Å². The third kappa shape index (κ3) is 4.46. The van der Waals surface area contributed by atoms with E-state index in [1.54, 1.807) is 24.3 Å². The SMILES string of the molecule is N#Cc1ccccc1CN1C(=O)S/C(=C/c2ccc(-c3cc(C(=O)O)cc(C(=O)O)c3)o2)C1=O. The van der Waals surface area contributed by atoms with Crippen molar-refractivity contribution in [1.29, 1.82) is 5.26 Å². The molecule has 1 aliphatic rings. The van der Waals surface area contributed by atoms with Crippen LogP contribution in [0.4, 0.5) is 4.79 Å². The zero-order valence-corrected chi connectivity index (χ0v) is 18.0. The van der Waals surface area contributed by atoms with E-state index in [0.29, 0.717) is 11.1 Å². The fourth-order valence-electron chi connectivity index (χ4n) is 3.31. The smallest absolute Gasteiger partial charge is 0.335 e. The Bertz CT molecular complexity index is 1400. The van der Waals surface area contributed by atoms with E-state index in [0.717, 1.165) is 22.7 Å². The van der Waals surface area contributed by atoms with E-state index in [1.165, 1.54) is 30.3 Å². The fourth-order valence-corrected chi connectivity index (χ4v) is 4.12. The highest BCUT2D eigenvalue weighted by Crippen LogP contribution is 2.35. The minimum Gasteiger partial charge on any atom is -0.478 e. The average Bonchev–Trinajstić information content (AvgIpc) is 3.39. The number of carbonyl (C=O) groups excluding carboxylic acids is 2. The molecule has 2 heterocycles. The van der Waals surface area contributed by atoms with Gasteiger partial charge >= 0.3 is 11.9 Å². The van der Waals surface area contributed by atoms with Gasteiger partial charge in [-0.3, -0.25) is 14.5 Å². The summed E-state index contributed by atoms with van der Waals surface area (Å²) in [6.45, 7) is -0.0465. The quantitative estimate of drug-likeness (QED) is 0.494. The molecule has 34 heavy (non-hydrogen) atoms. The fraction of sp³-hybridized carbons (Fsp3) is 0.0417. The normalized spacial score (nSPS) is 14.4. The number of carboxylic acid groups (broad SMARTS) is 2. The molecular formula is C24H14N2O7S. The summed E-state index contributed by atoms with van der Waals surface area (Å²) in [7, 11) is 0. The molecule has 0 spiro atoms. The number of furan rings is 1. The first-order valence-corrected chi connectivity index (χ1v) is 10.5. The van der Waals surface area contributed by atoms with Crippen LogP contribution >= 0.6 is 11.8 Å². The molecule has 168 valence electrons. The number of aromatic carboxylic acids is 2. The van der Waals surface area contributed by atoms with Gasteiger partial charge in [0.2, 0.25) is 0 Å². The predicted octanol–water partition coefficient (Wildman–Crippen LogP) is 4.45. The molecule has 1 fully saturated rings. The Hall–Kier alpha value is -4.62. The second-order valence-corrected chi connectivity index (χ2v) is 8.14. The summed E-state index contributed by atoms with van der Waals surface area (Å²) < 4.78 is 5.67. The maximum absolute atomic E-state index is 12.8. The lowest BCUT2D eigenvalue weighted by Gasteiger charge is -2.13. The molecule has 9 nitrogen and oxygen atoms in total. The molecule has 1 aromatic heterocycles. The molecule has 0 aliphatic carbocycles. The van der Waals surface area contributed by atoms with Gasteiger partial charge in [0.15, 0.2) is 0 Å². The Morgan fingerprint density at radius 3 is 2.35 bits per heavy atom. The van der Waals surface area contributed by atoms with Gasteiger partial charge in [0, 0.05) is 11.6 Å². The van der Waals surface area contributed by atoms with E-state index in [2.05, 4.69) is 0 Å². The van der Waals surface area contributed by atoms with Crippen LogP contribution in [0.2, 0.25) is 0 Å². The first-order chi connectivity index (χ1) is 16.3. The molecular weight excluding hydrogens is 460 g/mol. The number of amides is 2. The van der Waals surface area contributed by atoms with Gasteiger partial charge in [-0.25, -0.2) is 9.59 Å². The van der Waals surface area contributed by atoms with Crippen molar-refractivity contribution in [3.8, 4) is 17.4 Å². The largest absolute Gasteiger partial charge is 0.478 e. The Balaban J connectivity index is 1.60. The maximum Gasteiger partial charge on any atom is 0.335 e. The molecule has 1 saturated heterocycles. The van der Waals surface area contributed by atoms with Crippen LogP contribution in [-0.2, 0) is 11.3 Å². The van der Waals surface area contributed by atoms with Gasteiger partial charge in [-0.2, -0.15) is 5.26 Å². The third-order valence-corrected chi connectivity index (χ3v) is 5.86. The number of carbonyl (C=O) groups is 4. The third-order valence-electron chi connectivity index (χ3n) is 4.95. The number of imide groups is 1. The average molecular weight is 474 g/mol. The maximum atomic E-state index is 12.8. The van der Waals surface area contributed by atoms with Crippen LogP contribution in [0.25, 0.3) is 17.4 Å². The minimum absolute atomic E-state index is 0.0465. The zero-order valence-electron chi connectivity index (χ0n) is 17.2. The van der Waals surface area contributed by atoms with Gasteiger partial charge < -0.3 is 14.6 Å². The number of carboxylic acids is 2. The predicted molar refractivity (Wildman–Crippen MR) is 121 cm³/mol. The second kappa shape index (κ2) is 9.09. The summed E-state index contributed by atoms with van der Waals surface area (Å²) in [6, 6.07) is 15.3. The van der Waals surface area contributed by atoms with Gasteiger partial charge in [0.25, 0.3) is 11.1 Å². The Labute approximate surface area is 196 Å². The van der Waals surface area contributed by atoms with Crippen LogP contribution in [0.15, 0.2) is 63.9 Å². The number of nitriles is 1. The number of hydrogen-bond donors (Lipinski definition) is 2. The Morgan fingerprint density at radius 2 is 1.71 bits per heavy atom. The molecule has 3 aromatic rings. The number of hydrogen-bond acceptors (Lipinski definition) is 7. The van der Waals surface area contributed by atoms with Crippen LogP contribution in [-0.4, -0.2) is 38.2 Å². The van der Waals surface area contributed by atoms with Crippen LogP contribution in [0.1, 0.15) is 37.6 Å². The number of thioether (sulfide) groups is 1. The van der Waals surface area contributed by atoms with Crippen molar-refractivity contribution in [3.05, 3.63) is 87.5 Å². The molecule has 0 bridgehead atoms. The van der Waals surface area contributed by atoms with Gasteiger partial charge in [-0.15, -0.1) is 0 Å². The van der Waals surface area contributed by atoms with Gasteiger partial charge in [0.05, 0.1) is 34.2 Å². The van der Waals surface area contributed by atoms with Gasteiger partial charge in [-0.1, -0.05) is 18.2 Å². The summed E-state index contributed by atoms with van der Waals surface area (Å²) in [5.74, 6) is -2.71. The monoisotopic (exact) mass is 474 g/mol. The highest BCUT2D eigenvalue weighted by atomic mass is 32.2.